The molecule has 1 amide bonds. The summed E-state index contributed by atoms with van der Waals surface area (Å²) >= 11 is 1.21. The number of methoxy groups -OCH3 is 1. The molecule has 1 N–H and O–H groups in total. The van der Waals surface area contributed by atoms with Gasteiger partial charge >= 0.3 is 5.91 Å². The van der Waals surface area contributed by atoms with Crippen LogP contribution in [0.15, 0.2) is 72.3 Å². The van der Waals surface area contributed by atoms with E-state index in [9.17, 15) is 19.1 Å². The number of nitrogens with zero attached hydrogens (tertiary/aromatic N) is 2. The lowest BCUT2D eigenvalue weighted by atomic mass is 9.95. The number of Topliss-reactive ketones (excluding diaryl/α,β-unsaturated/α-hetero) is 1. The minimum atomic E-state index is -1.01. The molecule has 0 bridgehead atoms. The lowest BCUT2D eigenvalue weighted by molar-refractivity contribution is -0.132. The Balaban J connectivity index is 1.69. The van der Waals surface area contributed by atoms with E-state index in [1.807, 2.05) is 6.92 Å². The fourth-order valence-corrected chi connectivity index (χ4v) is 5.19. The van der Waals surface area contributed by atoms with Gasteiger partial charge in [-0.1, -0.05) is 35.6 Å². The fourth-order valence-electron chi connectivity index (χ4n) is 4.17. The molecule has 0 saturated carbocycles. The van der Waals surface area contributed by atoms with Crippen LogP contribution in [0.1, 0.15) is 24.1 Å². The van der Waals surface area contributed by atoms with Crippen LogP contribution in [0.3, 0.4) is 0 Å². The number of carbonyl (C=O) groups is 2. The van der Waals surface area contributed by atoms with Crippen molar-refractivity contribution >= 4 is 44.1 Å². The smallest absolute Gasteiger partial charge is 0.301 e. The number of aliphatic hydroxyl groups excluding tert-OH is 1. The van der Waals surface area contributed by atoms with Gasteiger partial charge in [-0.2, -0.15) is 0 Å². The highest BCUT2D eigenvalue weighted by atomic mass is 32.1. The minimum Gasteiger partial charge on any atom is -0.507 e. The summed E-state index contributed by atoms with van der Waals surface area (Å²) in [6.07, 6.45) is 0. The van der Waals surface area contributed by atoms with Gasteiger partial charge in [-0.15, -0.1) is 0 Å². The minimum absolute atomic E-state index is 0.114. The molecular formula is C27H21FN2O5S. The highest BCUT2D eigenvalue weighted by molar-refractivity contribution is 7.22. The van der Waals surface area contributed by atoms with Crippen molar-refractivity contribution in [1.29, 1.82) is 0 Å². The summed E-state index contributed by atoms with van der Waals surface area (Å²) in [6, 6.07) is 16.4. The van der Waals surface area contributed by atoms with Crippen molar-refractivity contribution in [3.05, 3.63) is 89.2 Å². The molecule has 182 valence electrons. The maximum absolute atomic E-state index is 13.8. The van der Waals surface area contributed by atoms with E-state index >= 15 is 0 Å². The van der Waals surface area contributed by atoms with E-state index in [0.29, 0.717) is 34.7 Å². The first-order chi connectivity index (χ1) is 17.4. The maximum atomic E-state index is 13.8. The van der Waals surface area contributed by atoms with E-state index in [4.69, 9.17) is 9.47 Å². The van der Waals surface area contributed by atoms with E-state index in [2.05, 4.69) is 4.98 Å². The van der Waals surface area contributed by atoms with Crippen LogP contribution >= 0.6 is 11.3 Å². The number of hydrogen-bond acceptors (Lipinski definition) is 7. The Morgan fingerprint density at radius 1 is 1.08 bits per heavy atom. The molecule has 0 spiro atoms. The van der Waals surface area contributed by atoms with Crippen LogP contribution in [-0.4, -0.2) is 35.5 Å². The van der Waals surface area contributed by atoms with Gasteiger partial charge in [0.1, 0.15) is 23.1 Å². The second kappa shape index (κ2) is 9.43. The Morgan fingerprint density at radius 3 is 2.58 bits per heavy atom. The average molecular weight is 505 g/mol. The standard InChI is InChI=1S/C27H21FN2O5S/c1-3-35-19-6-4-5-16(13-19)24(31)22-23(15-7-9-17(28)10-8-15)30(26(33)25(22)32)27-29-20-12-11-18(34-2)14-21(20)36-27/h4-14,23,31H,3H2,1-2H3/b24-22+. The van der Waals surface area contributed by atoms with Crippen LogP contribution in [0.25, 0.3) is 16.0 Å². The van der Waals surface area contributed by atoms with Crippen LogP contribution in [0.2, 0.25) is 0 Å². The van der Waals surface area contributed by atoms with Gasteiger partial charge < -0.3 is 14.6 Å². The highest BCUT2D eigenvalue weighted by Gasteiger charge is 2.48. The van der Waals surface area contributed by atoms with Crippen molar-refractivity contribution in [2.24, 2.45) is 0 Å². The van der Waals surface area contributed by atoms with Crippen molar-refractivity contribution in [3.8, 4) is 11.5 Å². The number of thiazole rings is 1. The Labute approximate surface area is 210 Å². The Bertz CT molecular complexity index is 1510. The van der Waals surface area contributed by atoms with E-state index in [0.717, 1.165) is 4.70 Å². The van der Waals surface area contributed by atoms with Gasteiger partial charge in [-0.05, 0) is 55.0 Å². The first-order valence-electron chi connectivity index (χ1n) is 11.2. The number of ketones is 1. The van der Waals surface area contributed by atoms with Gasteiger partial charge in [0, 0.05) is 5.56 Å². The number of anilines is 1. The molecule has 1 saturated heterocycles. The molecule has 1 fully saturated rings. The van der Waals surface area contributed by atoms with Crippen LogP contribution in [-0.2, 0) is 9.59 Å². The number of carbonyl (C=O) groups excluding carboxylic acids is 2. The van der Waals surface area contributed by atoms with Crippen molar-refractivity contribution in [2.45, 2.75) is 13.0 Å². The zero-order chi connectivity index (χ0) is 25.4. The lowest BCUT2D eigenvalue weighted by Crippen LogP contribution is -2.29. The zero-order valence-corrected chi connectivity index (χ0v) is 20.2. The van der Waals surface area contributed by atoms with Crippen LogP contribution in [0.4, 0.5) is 9.52 Å². The van der Waals surface area contributed by atoms with E-state index < -0.39 is 23.5 Å². The molecule has 5 rings (SSSR count). The normalized spacial score (nSPS) is 17.1. The monoisotopic (exact) mass is 504 g/mol. The molecule has 0 radical (unpaired) electrons. The van der Waals surface area contributed by atoms with Gasteiger partial charge in [0.25, 0.3) is 5.78 Å². The molecule has 2 heterocycles. The van der Waals surface area contributed by atoms with Crippen LogP contribution in [0, 0.1) is 5.82 Å². The average Bonchev–Trinajstić information content (AvgIpc) is 3.42. The molecule has 4 aromatic rings. The fraction of sp³-hybridized carbons (Fsp3) is 0.148. The summed E-state index contributed by atoms with van der Waals surface area (Å²) in [7, 11) is 1.55. The second-order valence-corrected chi connectivity index (χ2v) is 9.02. The predicted octanol–water partition coefficient (Wildman–Crippen LogP) is 5.47. The second-order valence-electron chi connectivity index (χ2n) is 8.01. The zero-order valence-electron chi connectivity index (χ0n) is 19.4. The summed E-state index contributed by atoms with van der Waals surface area (Å²) in [5.74, 6) is -1.38. The largest absolute Gasteiger partial charge is 0.507 e. The highest BCUT2D eigenvalue weighted by Crippen LogP contribution is 2.44. The first-order valence-corrected chi connectivity index (χ1v) is 12.0. The van der Waals surface area contributed by atoms with Crippen LogP contribution in [0.5, 0.6) is 11.5 Å². The van der Waals surface area contributed by atoms with Crippen molar-refractivity contribution < 1.29 is 28.6 Å². The third-order valence-corrected chi connectivity index (χ3v) is 6.86. The van der Waals surface area contributed by atoms with E-state index in [1.165, 1.54) is 40.5 Å². The molecule has 9 heteroatoms. The maximum Gasteiger partial charge on any atom is 0.301 e. The van der Waals surface area contributed by atoms with E-state index in [1.54, 1.807) is 49.6 Å². The quantitative estimate of drug-likeness (QED) is 0.213. The summed E-state index contributed by atoms with van der Waals surface area (Å²) < 4.78 is 25.3. The number of ether oxygens (including phenoxy) is 2. The lowest BCUT2D eigenvalue weighted by Gasteiger charge is -2.23. The van der Waals surface area contributed by atoms with Crippen molar-refractivity contribution in [1.82, 2.24) is 4.98 Å². The molecule has 1 aliphatic heterocycles. The van der Waals surface area contributed by atoms with Crippen molar-refractivity contribution in [3.63, 3.8) is 0 Å². The summed E-state index contributed by atoms with van der Waals surface area (Å²) in [4.78, 5) is 32.5. The SMILES string of the molecule is CCOc1cccc(/C(O)=C2\C(=O)C(=O)N(c3nc4ccc(OC)cc4s3)C2c2ccc(F)cc2)c1. The number of aliphatic hydroxyl groups is 1. The van der Waals surface area contributed by atoms with E-state index in [-0.39, 0.29) is 16.5 Å². The molecule has 7 nitrogen and oxygen atoms in total. The number of benzene rings is 3. The predicted molar refractivity (Wildman–Crippen MR) is 135 cm³/mol. The molecule has 1 unspecified atom stereocenters. The Kier molecular flexibility index (Phi) is 6.15. The number of halogens is 1. The number of fused-ring (bicyclic) bond motifs is 1. The topological polar surface area (TPSA) is 89.0 Å². The van der Waals surface area contributed by atoms with Gasteiger partial charge in [-0.3, -0.25) is 14.5 Å². The van der Waals surface area contributed by atoms with Gasteiger partial charge in [0.05, 0.1) is 35.5 Å². The van der Waals surface area contributed by atoms with Gasteiger partial charge in [0.2, 0.25) is 0 Å². The summed E-state index contributed by atoms with van der Waals surface area (Å²) in [5, 5.41) is 11.6. The molecule has 0 aliphatic carbocycles. The first kappa shape index (κ1) is 23.5. The molecule has 36 heavy (non-hydrogen) atoms. The molecule has 3 aromatic carbocycles. The van der Waals surface area contributed by atoms with Gasteiger partial charge in [0.15, 0.2) is 5.13 Å². The molecule has 1 aromatic heterocycles. The summed E-state index contributed by atoms with van der Waals surface area (Å²) in [6.45, 7) is 2.26. The molecular weight excluding hydrogens is 483 g/mol. The van der Waals surface area contributed by atoms with Crippen molar-refractivity contribution in [2.75, 3.05) is 18.6 Å². The molecule has 1 atom stereocenters. The third-order valence-electron chi connectivity index (χ3n) is 5.84. The number of aromatic nitrogens is 1. The number of hydrogen-bond donors (Lipinski definition) is 1. The third kappa shape index (κ3) is 4.07. The Hall–Kier alpha value is -4.24. The number of rotatable bonds is 6. The molecule has 1 aliphatic rings. The van der Waals surface area contributed by atoms with Crippen LogP contribution < -0.4 is 14.4 Å². The van der Waals surface area contributed by atoms with Gasteiger partial charge in [-0.25, -0.2) is 9.37 Å². The number of amides is 1. The Morgan fingerprint density at radius 2 is 1.86 bits per heavy atom. The summed E-state index contributed by atoms with van der Waals surface area (Å²) in [5.41, 5.74) is 1.28.